The number of carbonyl (C=O) groups excluding carboxylic acids is 1. The predicted molar refractivity (Wildman–Crippen MR) is 121 cm³/mol. The summed E-state index contributed by atoms with van der Waals surface area (Å²) in [5, 5.41) is 7.81. The van der Waals surface area contributed by atoms with Crippen LogP contribution in [-0.4, -0.2) is 40.1 Å². The van der Waals surface area contributed by atoms with E-state index in [0.29, 0.717) is 29.6 Å². The zero-order valence-corrected chi connectivity index (χ0v) is 18.4. The number of benzene rings is 2. The molecule has 3 aromatic rings. The van der Waals surface area contributed by atoms with Gasteiger partial charge in [0.15, 0.2) is 0 Å². The number of piperidine rings is 1. The van der Waals surface area contributed by atoms with Crippen LogP contribution in [0.2, 0.25) is 5.02 Å². The van der Waals surface area contributed by atoms with E-state index in [-0.39, 0.29) is 11.9 Å². The van der Waals surface area contributed by atoms with Crippen LogP contribution in [0.25, 0.3) is 11.4 Å². The first-order valence-corrected chi connectivity index (χ1v) is 11.1. The topological polar surface area (TPSA) is 71.3 Å². The minimum absolute atomic E-state index is 0.0309. The first-order chi connectivity index (χ1) is 15.0. The highest BCUT2D eigenvalue weighted by Gasteiger charge is 2.21. The van der Waals surface area contributed by atoms with Crippen molar-refractivity contribution in [2.75, 3.05) is 13.1 Å². The number of carbonyl (C=O) groups is 1. The summed E-state index contributed by atoms with van der Waals surface area (Å²) in [6, 6.07) is 16.1. The van der Waals surface area contributed by atoms with Crippen LogP contribution < -0.4 is 5.32 Å². The fourth-order valence-corrected chi connectivity index (χ4v) is 4.02. The monoisotopic (exact) mass is 438 g/mol. The summed E-state index contributed by atoms with van der Waals surface area (Å²) in [5.41, 5.74) is 3.47. The van der Waals surface area contributed by atoms with E-state index in [0.717, 1.165) is 38.0 Å². The van der Waals surface area contributed by atoms with Crippen molar-refractivity contribution in [3.8, 4) is 11.4 Å². The van der Waals surface area contributed by atoms with E-state index in [1.165, 1.54) is 11.1 Å². The fourth-order valence-electron chi connectivity index (χ4n) is 3.90. The number of nitrogens with zero attached hydrogens (tertiary/aromatic N) is 3. The Kier molecular flexibility index (Phi) is 6.99. The normalized spacial score (nSPS) is 15.2. The number of likely N-dealkylation sites (tertiary alicyclic amines) is 1. The summed E-state index contributed by atoms with van der Waals surface area (Å²) in [6.45, 7) is 5.08. The molecule has 1 N–H and O–H groups in total. The summed E-state index contributed by atoms with van der Waals surface area (Å²) >= 11 is 5.91. The smallest absolute Gasteiger partial charge is 0.227 e. The van der Waals surface area contributed by atoms with Gasteiger partial charge in [0, 0.05) is 49.1 Å². The van der Waals surface area contributed by atoms with E-state index in [1.54, 1.807) is 12.1 Å². The van der Waals surface area contributed by atoms with Gasteiger partial charge in [-0.3, -0.25) is 9.69 Å². The molecule has 1 fully saturated rings. The number of aromatic nitrogens is 2. The highest BCUT2D eigenvalue weighted by molar-refractivity contribution is 6.30. The summed E-state index contributed by atoms with van der Waals surface area (Å²) in [7, 11) is 0. The quantitative estimate of drug-likeness (QED) is 0.591. The molecule has 0 unspecified atom stereocenters. The van der Waals surface area contributed by atoms with E-state index in [2.05, 4.69) is 51.5 Å². The van der Waals surface area contributed by atoms with Gasteiger partial charge in [-0.2, -0.15) is 4.98 Å². The molecule has 162 valence electrons. The van der Waals surface area contributed by atoms with Crippen LogP contribution >= 0.6 is 11.6 Å². The van der Waals surface area contributed by atoms with Crippen molar-refractivity contribution in [2.24, 2.45) is 0 Å². The van der Waals surface area contributed by atoms with Crippen molar-refractivity contribution in [1.82, 2.24) is 20.4 Å². The summed E-state index contributed by atoms with van der Waals surface area (Å²) in [4.78, 5) is 19.2. The second kappa shape index (κ2) is 10.1. The number of halogens is 1. The van der Waals surface area contributed by atoms with Gasteiger partial charge in [0.05, 0.1) is 0 Å². The van der Waals surface area contributed by atoms with Gasteiger partial charge in [0.2, 0.25) is 17.6 Å². The predicted octanol–water partition coefficient (Wildman–Crippen LogP) is 4.41. The Hall–Kier alpha value is -2.70. The Morgan fingerprint density at radius 2 is 1.97 bits per heavy atom. The molecule has 6 nitrogen and oxygen atoms in total. The molecule has 0 radical (unpaired) electrons. The van der Waals surface area contributed by atoms with Gasteiger partial charge in [-0.05, 0) is 49.6 Å². The third-order valence-corrected chi connectivity index (χ3v) is 5.83. The van der Waals surface area contributed by atoms with Crippen molar-refractivity contribution < 1.29 is 9.32 Å². The lowest BCUT2D eigenvalue weighted by Crippen LogP contribution is -2.44. The molecule has 1 amide bonds. The maximum absolute atomic E-state index is 12.4. The van der Waals surface area contributed by atoms with Crippen LogP contribution in [-0.2, 0) is 17.8 Å². The highest BCUT2D eigenvalue weighted by Crippen LogP contribution is 2.19. The Morgan fingerprint density at radius 3 is 2.71 bits per heavy atom. The number of hydrogen-bond acceptors (Lipinski definition) is 5. The minimum atomic E-state index is 0.0309. The average molecular weight is 439 g/mol. The van der Waals surface area contributed by atoms with Crippen LogP contribution in [0.5, 0.6) is 0 Å². The van der Waals surface area contributed by atoms with Crippen LogP contribution in [0.3, 0.4) is 0 Å². The average Bonchev–Trinajstić information content (AvgIpc) is 3.23. The first-order valence-electron chi connectivity index (χ1n) is 10.7. The van der Waals surface area contributed by atoms with Crippen molar-refractivity contribution in [2.45, 2.75) is 45.2 Å². The van der Waals surface area contributed by atoms with Gasteiger partial charge >= 0.3 is 0 Å². The van der Waals surface area contributed by atoms with E-state index >= 15 is 0 Å². The van der Waals surface area contributed by atoms with E-state index < -0.39 is 0 Å². The lowest BCUT2D eigenvalue weighted by atomic mass is 10.0. The van der Waals surface area contributed by atoms with Crippen LogP contribution in [0.1, 0.15) is 36.3 Å². The number of nitrogens with one attached hydrogen (secondary N) is 1. The van der Waals surface area contributed by atoms with Crippen molar-refractivity contribution in [1.29, 1.82) is 0 Å². The number of aryl methyl sites for hydroxylation is 2. The second-order valence-electron chi connectivity index (χ2n) is 8.13. The molecule has 2 aromatic carbocycles. The molecular formula is C24H27ClN4O2. The molecule has 2 heterocycles. The lowest BCUT2D eigenvalue weighted by Gasteiger charge is -2.32. The summed E-state index contributed by atoms with van der Waals surface area (Å²) in [5.74, 6) is 1.00. The second-order valence-corrected chi connectivity index (χ2v) is 8.56. The maximum Gasteiger partial charge on any atom is 0.227 e. The summed E-state index contributed by atoms with van der Waals surface area (Å²) < 4.78 is 5.29. The van der Waals surface area contributed by atoms with Crippen LogP contribution in [0.4, 0.5) is 0 Å². The standard InChI is InChI=1S/C24H27ClN4O2/c1-17-3-2-4-18(15-17)16-29-13-11-21(12-14-29)26-22(30)9-10-23-27-24(28-31-23)19-5-7-20(25)8-6-19/h2-8,15,21H,9-14,16H2,1H3,(H,26,30). The Bertz CT molecular complexity index is 1010. The molecule has 0 bridgehead atoms. The third kappa shape index (κ3) is 6.15. The molecular weight excluding hydrogens is 412 g/mol. The molecule has 0 atom stereocenters. The van der Waals surface area contributed by atoms with Gasteiger partial charge in [-0.1, -0.05) is 46.6 Å². The molecule has 7 heteroatoms. The van der Waals surface area contributed by atoms with E-state index in [9.17, 15) is 4.79 Å². The van der Waals surface area contributed by atoms with Crippen LogP contribution in [0.15, 0.2) is 53.1 Å². The zero-order valence-electron chi connectivity index (χ0n) is 17.7. The van der Waals surface area contributed by atoms with Crippen molar-refractivity contribution in [3.05, 3.63) is 70.6 Å². The SMILES string of the molecule is Cc1cccc(CN2CCC(NC(=O)CCc3nc(-c4ccc(Cl)cc4)no3)CC2)c1. The minimum Gasteiger partial charge on any atom is -0.353 e. The zero-order chi connectivity index (χ0) is 21.6. The third-order valence-electron chi connectivity index (χ3n) is 5.58. The molecule has 1 aliphatic heterocycles. The summed E-state index contributed by atoms with van der Waals surface area (Å²) in [6.07, 6.45) is 2.71. The molecule has 4 rings (SSSR count). The Labute approximate surface area is 187 Å². The lowest BCUT2D eigenvalue weighted by molar-refractivity contribution is -0.122. The van der Waals surface area contributed by atoms with Crippen molar-refractivity contribution >= 4 is 17.5 Å². The van der Waals surface area contributed by atoms with Gasteiger partial charge in [0.25, 0.3) is 0 Å². The fraction of sp³-hybridized carbons (Fsp3) is 0.375. The molecule has 0 spiro atoms. The molecule has 0 aliphatic carbocycles. The molecule has 1 saturated heterocycles. The number of amides is 1. The maximum atomic E-state index is 12.4. The number of rotatable bonds is 7. The number of hydrogen-bond donors (Lipinski definition) is 1. The van der Waals surface area contributed by atoms with Gasteiger partial charge in [-0.15, -0.1) is 0 Å². The highest BCUT2D eigenvalue weighted by atomic mass is 35.5. The largest absolute Gasteiger partial charge is 0.353 e. The van der Waals surface area contributed by atoms with Gasteiger partial charge in [0.1, 0.15) is 0 Å². The van der Waals surface area contributed by atoms with Crippen LogP contribution in [0, 0.1) is 6.92 Å². The van der Waals surface area contributed by atoms with Gasteiger partial charge < -0.3 is 9.84 Å². The molecule has 1 aliphatic rings. The molecule has 1 aromatic heterocycles. The van der Waals surface area contributed by atoms with E-state index in [4.69, 9.17) is 16.1 Å². The van der Waals surface area contributed by atoms with Crippen molar-refractivity contribution in [3.63, 3.8) is 0 Å². The first kappa shape index (κ1) is 21.5. The Balaban J connectivity index is 1.19. The molecule has 31 heavy (non-hydrogen) atoms. The van der Waals surface area contributed by atoms with E-state index in [1.807, 2.05) is 12.1 Å². The Morgan fingerprint density at radius 1 is 1.19 bits per heavy atom. The van der Waals surface area contributed by atoms with Gasteiger partial charge in [-0.25, -0.2) is 0 Å². The molecule has 0 saturated carbocycles.